The summed E-state index contributed by atoms with van der Waals surface area (Å²) in [6.07, 6.45) is 1.62. The minimum absolute atomic E-state index is 0.0662. The molecular formula is C19H20N2O2. The van der Waals surface area contributed by atoms with Gasteiger partial charge in [0.15, 0.2) is 0 Å². The average molecular weight is 308 g/mol. The van der Waals surface area contributed by atoms with Crippen LogP contribution in [-0.2, 0) is 6.42 Å². The number of nitrogens with zero attached hydrogens (tertiary/aromatic N) is 2. The van der Waals surface area contributed by atoms with Gasteiger partial charge in [-0.1, -0.05) is 19.1 Å². The largest absolute Gasteiger partial charge is 0.507 e. The monoisotopic (exact) mass is 308 g/mol. The Labute approximate surface area is 135 Å². The second-order valence-corrected chi connectivity index (χ2v) is 5.86. The van der Waals surface area contributed by atoms with Crippen molar-refractivity contribution in [1.29, 1.82) is 0 Å². The van der Waals surface area contributed by atoms with E-state index < -0.39 is 0 Å². The van der Waals surface area contributed by atoms with E-state index >= 15 is 0 Å². The maximum absolute atomic E-state index is 13.0. The average Bonchev–Trinajstić information content (AvgIpc) is 2.53. The fraction of sp³-hybridized carbons (Fsp3) is 0.263. The number of benzene rings is 2. The molecule has 4 nitrogen and oxygen atoms in total. The Bertz CT molecular complexity index is 919. The molecule has 118 valence electrons. The normalized spacial score (nSPS) is 11.1. The van der Waals surface area contributed by atoms with Gasteiger partial charge in [0.2, 0.25) is 0 Å². The van der Waals surface area contributed by atoms with Crippen LogP contribution in [0.5, 0.6) is 5.75 Å². The number of aryl methyl sites for hydroxylation is 3. The highest BCUT2D eigenvalue weighted by Crippen LogP contribution is 2.25. The Morgan fingerprint density at radius 2 is 1.78 bits per heavy atom. The molecule has 23 heavy (non-hydrogen) atoms. The van der Waals surface area contributed by atoms with Crippen LogP contribution in [0.1, 0.15) is 30.3 Å². The summed E-state index contributed by atoms with van der Waals surface area (Å²) in [5, 5.41) is 10.6. The van der Waals surface area contributed by atoms with Crippen molar-refractivity contribution in [3.63, 3.8) is 0 Å². The topological polar surface area (TPSA) is 55.1 Å². The summed E-state index contributed by atoms with van der Waals surface area (Å²) in [6.45, 7) is 5.74. The van der Waals surface area contributed by atoms with Gasteiger partial charge in [0, 0.05) is 6.42 Å². The van der Waals surface area contributed by atoms with E-state index in [0.717, 1.165) is 41.0 Å². The highest BCUT2D eigenvalue weighted by Gasteiger charge is 2.14. The predicted octanol–water partition coefficient (Wildman–Crippen LogP) is 3.66. The van der Waals surface area contributed by atoms with Crippen LogP contribution in [0, 0.1) is 13.8 Å². The molecule has 3 aromatic rings. The van der Waals surface area contributed by atoms with Crippen molar-refractivity contribution >= 4 is 10.9 Å². The zero-order valence-corrected chi connectivity index (χ0v) is 13.6. The molecule has 0 radical (unpaired) electrons. The number of para-hydroxylation sites is 1. The highest BCUT2D eigenvalue weighted by molar-refractivity contribution is 5.77. The van der Waals surface area contributed by atoms with Gasteiger partial charge in [-0.15, -0.1) is 0 Å². The molecule has 0 saturated heterocycles. The van der Waals surface area contributed by atoms with E-state index in [1.54, 1.807) is 10.6 Å². The van der Waals surface area contributed by atoms with E-state index in [4.69, 9.17) is 0 Å². The Balaban J connectivity index is 2.37. The second kappa shape index (κ2) is 5.88. The van der Waals surface area contributed by atoms with E-state index in [0.29, 0.717) is 5.39 Å². The zero-order valence-electron chi connectivity index (χ0n) is 13.6. The van der Waals surface area contributed by atoms with Crippen LogP contribution >= 0.6 is 0 Å². The first-order valence-corrected chi connectivity index (χ1v) is 7.84. The second-order valence-electron chi connectivity index (χ2n) is 5.86. The molecule has 0 saturated carbocycles. The summed E-state index contributed by atoms with van der Waals surface area (Å²) in [5.74, 6) is 1.02. The van der Waals surface area contributed by atoms with Gasteiger partial charge in [-0.25, -0.2) is 4.98 Å². The van der Waals surface area contributed by atoms with Gasteiger partial charge in [-0.2, -0.15) is 0 Å². The van der Waals surface area contributed by atoms with Crippen LogP contribution in [0.2, 0.25) is 0 Å². The Kier molecular flexibility index (Phi) is 3.90. The third-order valence-corrected chi connectivity index (χ3v) is 4.05. The molecule has 0 atom stereocenters. The van der Waals surface area contributed by atoms with Crippen LogP contribution in [0.15, 0.2) is 41.2 Å². The van der Waals surface area contributed by atoms with Crippen molar-refractivity contribution < 1.29 is 5.11 Å². The fourth-order valence-electron chi connectivity index (χ4n) is 2.90. The molecule has 1 heterocycles. The Morgan fingerprint density at radius 1 is 1.13 bits per heavy atom. The standard InChI is InChI=1S/C19H20N2O2/c1-4-7-17-20-16-9-6-5-8-15(16)19(23)21(17)14-10-12(2)18(22)13(3)11-14/h5-6,8-11,22H,4,7H2,1-3H3. The number of phenols is 1. The summed E-state index contributed by atoms with van der Waals surface area (Å²) in [4.78, 5) is 17.7. The number of hydrogen-bond acceptors (Lipinski definition) is 3. The van der Waals surface area contributed by atoms with Crippen LogP contribution in [0.3, 0.4) is 0 Å². The van der Waals surface area contributed by atoms with Gasteiger partial charge in [0.25, 0.3) is 5.56 Å². The van der Waals surface area contributed by atoms with Gasteiger partial charge < -0.3 is 5.11 Å². The molecule has 0 aliphatic heterocycles. The van der Waals surface area contributed by atoms with Crippen molar-refractivity contribution in [1.82, 2.24) is 9.55 Å². The minimum atomic E-state index is -0.0662. The van der Waals surface area contributed by atoms with Crippen molar-refractivity contribution in [2.45, 2.75) is 33.6 Å². The molecular weight excluding hydrogens is 288 g/mol. The molecule has 1 aromatic heterocycles. The number of aromatic nitrogens is 2. The SMILES string of the molecule is CCCc1nc2ccccc2c(=O)n1-c1cc(C)c(O)c(C)c1. The first-order valence-electron chi connectivity index (χ1n) is 7.84. The van der Waals surface area contributed by atoms with Gasteiger partial charge in [-0.3, -0.25) is 9.36 Å². The molecule has 1 N–H and O–H groups in total. The van der Waals surface area contributed by atoms with Crippen LogP contribution in [-0.4, -0.2) is 14.7 Å². The van der Waals surface area contributed by atoms with Crippen molar-refractivity contribution in [2.75, 3.05) is 0 Å². The van der Waals surface area contributed by atoms with Gasteiger partial charge in [0.1, 0.15) is 11.6 Å². The lowest BCUT2D eigenvalue weighted by atomic mass is 10.1. The molecule has 4 heteroatoms. The molecule has 2 aromatic carbocycles. The molecule has 0 bridgehead atoms. The Hall–Kier alpha value is -2.62. The third-order valence-electron chi connectivity index (χ3n) is 4.05. The molecule has 0 spiro atoms. The van der Waals surface area contributed by atoms with Crippen molar-refractivity contribution in [3.05, 3.63) is 63.7 Å². The molecule has 0 aliphatic rings. The summed E-state index contributed by atoms with van der Waals surface area (Å²) >= 11 is 0. The van der Waals surface area contributed by atoms with Crippen molar-refractivity contribution in [2.24, 2.45) is 0 Å². The lowest BCUT2D eigenvalue weighted by Gasteiger charge is -2.15. The minimum Gasteiger partial charge on any atom is -0.507 e. The fourth-order valence-corrected chi connectivity index (χ4v) is 2.90. The first-order chi connectivity index (χ1) is 11.0. The summed E-state index contributed by atoms with van der Waals surface area (Å²) in [7, 11) is 0. The number of aromatic hydroxyl groups is 1. The van der Waals surface area contributed by atoms with Gasteiger partial charge in [-0.05, 0) is 55.7 Å². The van der Waals surface area contributed by atoms with Crippen LogP contribution in [0.4, 0.5) is 0 Å². The van der Waals surface area contributed by atoms with E-state index in [9.17, 15) is 9.90 Å². The van der Waals surface area contributed by atoms with Crippen LogP contribution in [0.25, 0.3) is 16.6 Å². The summed E-state index contributed by atoms with van der Waals surface area (Å²) < 4.78 is 1.67. The van der Waals surface area contributed by atoms with Gasteiger partial charge >= 0.3 is 0 Å². The third kappa shape index (κ3) is 2.61. The number of rotatable bonds is 3. The molecule has 0 amide bonds. The van der Waals surface area contributed by atoms with Crippen LogP contribution < -0.4 is 5.56 Å². The maximum atomic E-state index is 13.0. The quantitative estimate of drug-likeness (QED) is 0.803. The molecule has 0 fully saturated rings. The smallest absolute Gasteiger partial charge is 0.265 e. The van der Waals surface area contributed by atoms with E-state index in [2.05, 4.69) is 11.9 Å². The first kappa shape index (κ1) is 15.3. The lowest BCUT2D eigenvalue weighted by molar-refractivity contribution is 0.466. The summed E-state index contributed by atoms with van der Waals surface area (Å²) in [6, 6.07) is 11.1. The number of fused-ring (bicyclic) bond motifs is 1. The van der Waals surface area contributed by atoms with E-state index in [-0.39, 0.29) is 11.3 Å². The molecule has 0 aliphatic carbocycles. The zero-order chi connectivity index (χ0) is 16.6. The van der Waals surface area contributed by atoms with Gasteiger partial charge in [0.05, 0.1) is 16.6 Å². The summed E-state index contributed by atoms with van der Waals surface area (Å²) in [5.41, 5.74) is 2.92. The lowest BCUT2D eigenvalue weighted by Crippen LogP contribution is -2.24. The van der Waals surface area contributed by atoms with E-state index in [1.807, 2.05) is 44.2 Å². The Morgan fingerprint density at radius 3 is 2.43 bits per heavy atom. The molecule has 0 unspecified atom stereocenters. The predicted molar refractivity (Wildman–Crippen MR) is 92.5 cm³/mol. The number of phenolic OH excluding ortho intramolecular Hbond substituents is 1. The highest BCUT2D eigenvalue weighted by atomic mass is 16.3. The van der Waals surface area contributed by atoms with E-state index in [1.165, 1.54) is 0 Å². The van der Waals surface area contributed by atoms with Crippen molar-refractivity contribution in [3.8, 4) is 11.4 Å². The maximum Gasteiger partial charge on any atom is 0.265 e. The number of hydrogen-bond donors (Lipinski definition) is 1. The molecule has 3 rings (SSSR count).